The molecule has 0 amide bonds. The number of anilines is 1. The molecule has 0 unspecified atom stereocenters. The summed E-state index contributed by atoms with van der Waals surface area (Å²) in [4.78, 5) is 6.40. The van der Waals surface area contributed by atoms with Crippen LogP contribution >= 0.6 is 0 Å². The Morgan fingerprint density at radius 1 is 1.19 bits per heavy atom. The third-order valence-corrected chi connectivity index (χ3v) is 3.66. The van der Waals surface area contributed by atoms with Crippen LogP contribution in [0.1, 0.15) is 31.2 Å². The molecule has 1 aliphatic rings. The molecule has 0 radical (unpaired) electrons. The van der Waals surface area contributed by atoms with Gasteiger partial charge in [0.25, 0.3) is 11.8 Å². The molecule has 0 saturated carbocycles. The second-order valence-electron chi connectivity index (χ2n) is 5.07. The summed E-state index contributed by atoms with van der Waals surface area (Å²) in [5.41, 5.74) is 0.273. The minimum absolute atomic E-state index is 0.0661. The lowest BCUT2D eigenvalue weighted by atomic mass is 10.1. The Morgan fingerprint density at radius 2 is 1.95 bits per heavy atom. The maximum absolute atomic E-state index is 13.6. The van der Waals surface area contributed by atoms with Gasteiger partial charge >= 0.3 is 0 Å². The van der Waals surface area contributed by atoms with Crippen molar-refractivity contribution in [3.8, 4) is 17.5 Å². The van der Waals surface area contributed by atoms with E-state index in [-0.39, 0.29) is 11.5 Å². The summed E-state index contributed by atoms with van der Waals surface area (Å²) in [7, 11) is 0. The van der Waals surface area contributed by atoms with E-state index in [1.807, 2.05) is 6.07 Å². The molecule has 0 spiro atoms. The van der Waals surface area contributed by atoms with Crippen molar-refractivity contribution in [2.75, 3.05) is 18.0 Å². The highest BCUT2D eigenvalue weighted by molar-refractivity contribution is 5.64. The van der Waals surface area contributed by atoms with Gasteiger partial charge in [0.2, 0.25) is 0 Å². The predicted octanol–water partition coefficient (Wildman–Crippen LogP) is 3.13. The first-order valence-corrected chi connectivity index (χ1v) is 7.07. The molecule has 0 N–H and O–H groups in total. The molecule has 1 saturated heterocycles. The van der Waals surface area contributed by atoms with Crippen LogP contribution in [0.2, 0.25) is 0 Å². The lowest BCUT2D eigenvalue weighted by Gasteiger charge is -2.16. The van der Waals surface area contributed by atoms with Crippen molar-refractivity contribution < 1.29 is 8.91 Å². The van der Waals surface area contributed by atoms with Crippen LogP contribution in [0.25, 0.3) is 11.5 Å². The number of rotatable bonds is 2. The Labute approximate surface area is 122 Å². The van der Waals surface area contributed by atoms with Crippen molar-refractivity contribution in [2.45, 2.75) is 25.7 Å². The van der Waals surface area contributed by atoms with Gasteiger partial charge in [-0.05, 0) is 30.1 Å². The van der Waals surface area contributed by atoms with E-state index in [0.29, 0.717) is 11.5 Å². The van der Waals surface area contributed by atoms with Gasteiger partial charge in [0, 0.05) is 13.1 Å². The summed E-state index contributed by atoms with van der Waals surface area (Å²) in [6.07, 6.45) is 4.63. The van der Waals surface area contributed by atoms with E-state index in [1.165, 1.54) is 25.0 Å². The number of hydrogen-bond acceptors (Lipinski definition) is 5. The Kier molecular flexibility index (Phi) is 3.82. The van der Waals surface area contributed by atoms with Gasteiger partial charge in [0.15, 0.2) is 0 Å². The van der Waals surface area contributed by atoms with Gasteiger partial charge in [-0.2, -0.15) is 10.2 Å². The average molecular weight is 286 g/mol. The topological polar surface area (TPSA) is 66.0 Å². The van der Waals surface area contributed by atoms with Crippen LogP contribution in [0.15, 0.2) is 22.7 Å². The second-order valence-corrected chi connectivity index (χ2v) is 5.07. The fourth-order valence-electron chi connectivity index (χ4n) is 2.54. The summed E-state index contributed by atoms with van der Waals surface area (Å²) in [6.45, 7) is 1.79. The fraction of sp³-hybridized carbons (Fsp3) is 0.400. The van der Waals surface area contributed by atoms with Crippen LogP contribution in [0.4, 0.5) is 10.3 Å². The minimum atomic E-state index is -0.579. The van der Waals surface area contributed by atoms with Gasteiger partial charge < -0.3 is 9.42 Å². The summed E-state index contributed by atoms with van der Waals surface area (Å²) in [5.74, 6) is 0.120. The lowest BCUT2D eigenvalue weighted by molar-refractivity contribution is 0.428. The largest absolute Gasteiger partial charge is 0.338 e. The summed E-state index contributed by atoms with van der Waals surface area (Å²) in [6, 6.07) is 6.23. The van der Waals surface area contributed by atoms with E-state index in [4.69, 9.17) is 9.78 Å². The molecule has 3 rings (SSSR count). The maximum Gasteiger partial charge on any atom is 0.266 e. The smallest absolute Gasteiger partial charge is 0.266 e. The zero-order valence-corrected chi connectivity index (χ0v) is 11.5. The molecule has 1 fully saturated rings. The molecule has 1 aromatic carbocycles. The maximum atomic E-state index is 13.6. The molecular formula is C15H15FN4O. The number of benzene rings is 1. The molecule has 0 atom stereocenters. The highest BCUT2D eigenvalue weighted by atomic mass is 19.1. The molecule has 0 aliphatic carbocycles. The number of nitrogens with zero attached hydrogens (tertiary/aromatic N) is 4. The van der Waals surface area contributed by atoms with Gasteiger partial charge in [0.05, 0.1) is 5.56 Å². The molecule has 2 aromatic rings. The third-order valence-electron chi connectivity index (χ3n) is 3.66. The SMILES string of the molecule is N#Cc1c(F)cccc1-c1nc(N2CCCCCC2)no1. The Balaban J connectivity index is 1.92. The van der Waals surface area contributed by atoms with Gasteiger partial charge in [-0.25, -0.2) is 4.39 Å². The van der Waals surface area contributed by atoms with Crippen molar-refractivity contribution in [3.63, 3.8) is 0 Å². The van der Waals surface area contributed by atoms with E-state index >= 15 is 0 Å². The van der Waals surface area contributed by atoms with Crippen LogP contribution in [0, 0.1) is 17.1 Å². The van der Waals surface area contributed by atoms with Gasteiger partial charge in [-0.3, -0.25) is 0 Å². The van der Waals surface area contributed by atoms with E-state index in [9.17, 15) is 4.39 Å². The summed E-state index contributed by atoms with van der Waals surface area (Å²) < 4.78 is 18.9. The van der Waals surface area contributed by atoms with Crippen molar-refractivity contribution in [1.82, 2.24) is 10.1 Å². The Morgan fingerprint density at radius 3 is 2.67 bits per heavy atom. The molecule has 2 heterocycles. The van der Waals surface area contributed by atoms with Gasteiger partial charge in [0.1, 0.15) is 17.4 Å². The van der Waals surface area contributed by atoms with Crippen LogP contribution in [-0.2, 0) is 0 Å². The molecule has 1 aliphatic heterocycles. The second kappa shape index (κ2) is 5.92. The minimum Gasteiger partial charge on any atom is -0.338 e. The molecule has 21 heavy (non-hydrogen) atoms. The fourth-order valence-corrected chi connectivity index (χ4v) is 2.54. The van der Waals surface area contributed by atoms with Gasteiger partial charge in [-0.15, -0.1) is 0 Å². The quantitative estimate of drug-likeness (QED) is 0.848. The van der Waals surface area contributed by atoms with Crippen molar-refractivity contribution >= 4 is 5.95 Å². The zero-order chi connectivity index (χ0) is 14.7. The highest BCUT2D eigenvalue weighted by Crippen LogP contribution is 2.26. The molecule has 1 aromatic heterocycles. The number of nitriles is 1. The monoisotopic (exact) mass is 286 g/mol. The normalized spacial score (nSPS) is 15.5. The van der Waals surface area contributed by atoms with Crippen molar-refractivity contribution in [2.24, 2.45) is 0 Å². The van der Waals surface area contributed by atoms with E-state index in [0.717, 1.165) is 25.9 Å². The predicted molar refractivity (Wildman–Crippen MR) is 75.1 cm³/mol. The number of hydrogen-bond donors (Lipinski definition) is 0. The molecular weight excluding hydrogens is 271 g/mol. The van der Waals surface area contributed by atoms with Crippen LogP contribution < -0.4 is 4.90 Å². The number of aromatic nitrogens is 2. The van der Waals surface area contributed by atoms with Crippen molar-refractivity contribution in [3.05, 3.63) is 29.6 Å². The molecule has 0 bridgehead atoms. The highest BCUT2D eigenvalue weighted by Gasteiger charge is 2.19. The molecule has 5 nitrogen and oxygen atoms in total. The third kappa shape index (κ3) is 2.72. The first kappa shape index (κ1) is 13.6. The molecule has 108 valence electrons. The average Bonchev–Trinajstić information content (AvgIpc) is 2.82. The standard InChI is InChI=1S/C15H15FN4O/c16-13-7-5-6-11(12(13)10-17)14-18-15(19-21-14)20-8-3-1-2-4-9-20/h5-7H,1-4,8-9H2. The van der Waals surface area contributed by atoms with E-state index < -0.39 is 5.82 Å². The lowest BCUT2D eigenvalue weighted by Crippen LogP contribution is -2.24. The Bertz CT molecular complexity index is 669. The zero-order valence-electron chi connectivity index (χ0n) is 11.5. The number of halogens is 1. The van der Waals surface area contributed by atoms with E-state index in [1.54, 1.807) is 6.07 Å². The first-order valence-electron chi connectivity index (χ1n) is 7.07. The van der Waals surface area contributed by atoms with Gasteiger partial charge in [-0.1, -0.05) is 18.9 Å². The Hall–Kier alpha value is -2.42. The molecule has 6 heteroatoms. The van der Waals surface area contributed by atoms with Crippen LogP contribution in [0.5, 0.6) is 0 Å². The van der Waals surface area contributed by atoms with Crippen LogP contribution in [0.3, 0.4) is 0 Å². The van der Waals surface area contributed by atoms with Crippen molar-refractivity contribution in [1.29, 1.82) is 5.26 Å². The van der Waals surface area contributed by atoms with E-state index in [2.05, 4.69) is 15.0 Å². The summed E-state index contributed by atoms with van der Waals surface area (Å²) >= 11 is 0. The summed E-state index contributed by atoms with van der Waals surface area (Å²) in [5, 5.41) is 13.0. The first-order chi connectivity index (χ1) is 10.3. The van der Waals surface area contributed by atoms with Crippen LogP contribution in [-0.4, -0.2) is 23.2 Å².